The van der Waals surface area contributed by atoms with Crippen LogP contribution in [-0.2, 0) is 9.59 Å². The van der Waals surface area contributed by atoms with Crippen molar-refractivity contribution < 1.29 is 33.6 Å². The number of rotatable bonds is 10. The van der Waals surface area contributed by atoms with Crippen molar-refractivity contribution in [3.05, 3.63) is 30.3 Å². The number of aromatic amines is 1. The van der Waals surface area contributed by atoms with Gasteiger partial charge >= 0.3 is 5.97 Å². The number of hydrogen-bond acceptors (Lipinski definition) is 8. The van der Waals surface area contributed by atoms with Crippen LogP contribution in [0.5, 0.6) is 23.0 Å². The quantitative estimate of drug-likeness (QED) is 0.419. The Morgan fingerprint density at radius 1 is 0.879 bits per heavy atom. The summed E-state index contributed by atoms with van der Waals surface area (Å²) in [6, 6.07) is 8.62. The smallest absolute Gasteiger partial charge is 0.303 e. The number of hydrogen-bond donors (Lipinski definition) is 3. The van der Waals surface area contributed by atoms with Crippen molar-refractivity contribution in [3.8, 4) is 45.5 Å². The number of aliphatic carboxylic acids is 1. The molecule has 11 heteroatoms. The Hall–Kier alpha value is -4.28. The van der Waals surface area contributed by atoms with Gasteiger partial charge < -0.3 is 29.4 Å². The molecule has 0 saturated carbocycles. The van der Waals surface area contributed by atoms with Gasteiger partial charge in [-0.25, -0.2) is 0 Å². The molecule has 0 aliphatic carbocycles. The minimum Gasteiger partial charge on any atom is -0.495 e. The first kappa shape index (κ1) is 23.4. The first-order valence-corrected chi connectivity index (χ1v) is 9.83. The maximum atomic E-state index is 12.2. The number of benzene rings is 2. The average molecular weight is 456 g/mol. The standard InChI is InChI=1S/C22H24N4O7/c1-30-15-7-5-12(11-14(15)23-17(27)9-10-18(28)29)19-20(25-26-24-19)13-6-8-16(31-2)22(33-4)21(13)32-3/h5-8,11H,9-10H2,1-4H3,(H,23,27)(H,28,29)(H,24,25,26). The number of carbonyl (C=O) groups is 2. The van der Waals surface area contributed by atoms with Crippen LogP contribution >= 0.6 is 0 Å². The van der Waals surface area contributed by atoms with Gasteiger partial charge in [-0.2, -0.15) is 15.4 Å². The first-order chi connectivity index (χ1) is 15.9. The Balaban J connectivity index is 2.03. The Bertz CT molecular complexity index is 1160. The van der Waals surface area contributed by atoms with Crippen LogP contribution in [0.3, 0.4) is 0 Å². The largest absolute Gasteiger partial charge is 0.495 e. The number of nitrogens with zero attached hydrogens (tertiary/aromatic N) is 2. The van der Waals surface area contributed by atoms with Gasteiger partial charge in [-0.15, -0.1) is 0 Å². The van der Waals surface area contributed by atoms with Crippen molar-refractivity contribution in [1.29, 1.82) is 0 Å². The van der Waals surface area contributed by atoms with E-state index in [1.54, 1.807) is 30.3 Å². The average Bonchev–Trinajstić information content (AvgIpc) is 3.31. The van der Waals surface area contributed by atoms with E-state index in [9.17, 15) is 9.59 Å². The van der Waals surface area contributed by atoms with Crippen LogP contribution in [0.1, 0.15) is 12.8 Å². The zero-order chi connectivity index (χ0) is 24.0. The number of amides is 1. The Morgan fingerprint density at radius 3 is 2.18 bits per heavy atom. The lowest BCUT2D eigenvalue weighted by atomic mass is 10.0. The number of H-pyrrole nitrogens is 1. The van der Waals surface area contributed by atoms with E-state index >= 15 is 0 Å². The van der Waals surface area contributed by atoms with Crippen LogP contribution in [0.4, 0.5) is 5.69 Å². The summed E-state index contributed by atoms with van der Waals surface area (Å²) in [5.41, 5.74) is 2.59. The van der Waals surface area contributed by atoms with Gasteiger partial charge in [-0.3, -0.25) is 9.59 Å². The van der Waals surface area contributed by atoms with Gasteiger partial charge in [-0.1, -0.05) is 0 Å². The highest BCUT2D eigenvalue weighted by atomic mass is 16.5. The Labute approximate surface area is 189 Å². The second kappa shape index (κ2) is 10.4. The second-order valence-electron chi connectivity index (χ2n) is 6.76. The van der Waals surface area contributed by atoms with E-state index < -0.39 is 11.9 Å². The number of nitrogens with one attached hydrogen (secondary N) is 2. The summed E-state index contributed by atoms with van der Waals surface area (Å²) in [5.74, 6) is 0.238. The molecule has 0 radical (unpaired) electrons. The molecular weight excluding hydrogens is 432 g/mol. The molecule has 3 rings (SSSR count). The highest BCUT2D eigenvalue weighted by Crippen LogP contribution is 2.45. The van der Waals surface area contributed by atoms with Crippen LogP contribution < -0.4 is 24.3 Å². The van der Waals surface area contributed by atoms with E-state index in [1.165, 1.54) is 28.4 Å². The van der Waals surface area contributed by atoms with Crippen molar-refractivity contribution in [2.45, 2.75) is 12.8 Å². The number of carbonyl (C=O) groups excluding carboxylic acids is 1. The molecule has 0 spiro atoms. The molecule has 3 aromatic rings. The number of ether oxygens (including phenoxy) is 4. The number of carboxylic acid groups (broad SMARTS) is 1. The zero-order valence-corrected chi connectivity index (χ0v) is 18.6. The van der Waals surface area contributed by atoms with Crippen LogP contribution in [0, 0.1) is 0 Å². The van der Waals surface area contributed by atoms with Gasteiger partial charge in [0.1, 0.15) is 17.1 Å². The molecule has 0 saturated heterocycles. The molecular formula is C22H24N4O7. The van der Waals surface area contributed by atoms with Crippen LogP contribution in [0.25, 0.3) is 22.5 Å². The van der Waals surface area contributed by atoms with Crippen molar-refractivity contribution in [2.75, 3.05) is 33.8 Å². The molecule has 0 unspecified atom stereocenters. The topological polar surface area (TPSA) is 145 Å². The van der Waals surface area contributed by atoms with Crippen molar-refractivity contribution in [2.24, 2.45) is 0 Å². The molecule has 1 amide bonds. The lowest BCUT2D eigenvalue weighted by Crippen LogP contribution is -2.14. The van der Waals surface area contributed by atoms with Crippen LogP contribution in [0.2, 0.25) is 0 Å². The molecule has 0 fully saturated rings. The fourth-order valence-corrected chi connectivity index (χ4v) is 3.29. The van der Waals surface area contributed by atoms with Gasteiger partial charge in [0.15, 0.2) is 11.5 Å². The summed E-state index contributed by atoms with van der Waals surface area (Å²) < 4.78 is 21.7. The highest BCUT2D eigenvalue weighted by molar-refractivity contribution is 5.95. The summed E-state index contributed by atoms with van der Waals surface area (Å²) in [7, 11) is 6.02. The molecule has 1 heterocycles. The third-order valence-electron chi connectivity index (χ3n) is 4.82. The van der Waals surface area contributed by atoms with Crippen molar-refractivity contribution >= 4 is 17.6 Å². The molecule has 3 N–H and O–H groups in total. The third kappa shape index (κ3) is 4.97. The molecule has 0 bridgehead atoms. The molecule has 33 heavy (non-hydrogen) atoms. The fourth-order valence-electron chi connectivity index (χ4n) is 3.29. The highest BCUT2D eigenvalue weighted by Gasteiger charge is 2.23. The van der Waals surface area contributed by atoms with Gasteiger partial charge in [0.05, 0.1) is 46.1 Å². The van der Waals surface area contributed by atoms with Crippen LogP contribution in [0.15, 0.2) is 30.3 Å². The monoisotopic (exact) mass is 456 g/mol. The molecule has 2 aromatic carbocycles. The summed E-state index contributed by atoms with van der Waals surface area (Å²) in [6.45, 7) is 0. The number of methoxy groups -OCH3 is 4. The Morgan fingerprint density at radius 2 is 1.55 bits per heavy atom. The minimum atomic E-state index is -1.05. The van der Waals surface area contributed by atoms with Gasteiger partial charge in [0.25, 0.3) is 0 Å². The van der Waals surface area contributed by atoms with Gasteiger partial charge in [0, 0.05) is 12.0 Å². The zero-order valence-electron chi connectivity index (χ0n) is 18.6. The van der Waals surface area contributed by atoms with E-state index in [1.807, 2.05) is 0 Å². The molecule has 0 aliphatic rings. The second-order valence-corrected chi connectivity index (χ2v) is 6.76. The third-order valence-corrected chi connectivity index (χ3v) is 4.82. The predicted octanol–water partition coefficient (Wildman–Crippen LogP) is 2.98. The van der Waals surface area contributed by atoms with E-state index in [4.69, 9.17) is 24.1 Å². The summed E-state index contributed by atoms with van der Waals surface area (Å²) in [4.78, 5) is 22.9. The predicted molar refractivity (Wildman–Crippen MR) is 119 cm³/mol. The minimum absolute atomic E-state index is 0.166. The molecule has 0 atom stereocenters. The summed E-state index contributed by atoms with van der Waals surface area (Å²) in [5, 5.41) is 22.7. The van der Waals surface area contributed by atoms with E-state index in [-0.39, 0.29) is 12.8 Å². The molecule has 1 aromatic heterocycles. The maximum absolute atomic E-state index is 12.2. The van der Waals surface area contributed by atoms with Crippen molar-refractivity contribution in [1.82, 2.24) is 15.4 Å². The van der Waals surface area contributed by atoms with Crippen LogP contribution in [-0.4, -0.2) is 60.8 Å². The summed E-state index contributed by atoms with van der Waals surface area (Å²) >= 11 is 0. The normalized spacial score (nSPS) is 10.4. The number of aromatic nitrogens is 3. The van der Waals surface area contributed by atoms with E-state index in [0.717, 1.165) is 0 Å². The van der Waals surface area contributed by atoms with Crippen molar-refractivity contribution in [3.63, 3.8) is 0 Å². The lowest BCUT2D eigenvalue weighted by Gasteiger charge is -2.15. The fraction of sp³-hybridized carbons (Fsp3) is 0.273. The van der Waals surface area contributed by atoms with E-state index in [0.29, 0.717) is 51.2 Å². The lowest BCUT2D eigenvalue weighted by molar-refractivity contribution is -0.138. The maximum Gasteiger partial charge on any atom is 0.303 e. The van der Waals surface area contributed by atoms with E-state index in [2.05, 4.69) is 20.7 Å². The van der Waals surface area contributed by atoms with Gasteiger partial charge in [-0.05, 0) is 30.3 Å². The SMILES string of the molecule is COc1ccc(-c2n[nH]nc2-c2ccc(OC)c(OC)c2OC)cc1NC(=O)CCC(=O)O. The molecule has 174 valence electrons. The first-order valence-electron chi connectivity index (χ1n) is 9.83. The van der Waals surface area contributed by atoms with Gasteiger partial charge in [0.2, 0.25) is 11.7 Å². The summed E-state index contributed by atoms with van der Waals surface area (Å²) in [6.07, 6.45) is -0.443. The Kier molecular flexibility index (Phi) is 7.34. The number of anilines is 1. The molecule has 0 aliphatic heterocycles. The number of carboxylic acids is 1. The molecule has 11 nitrogen and oxygen atoms in total.